The molecular formula is C11H14N2S3. The van der Waals surface area contributed by atoms with Gasteiger partial charge in [0.15, 0.2) is 0 Å². The molecule has 0 aliphatic rings. The van der Waals surface area contributed by atoms with Gasteiger partial charge in [-0.2, -0.15) is 0 Å². The third kappa shape index (κ3) is 3.30. The van der Waals surface area contributed by atoms with Crippen LogP contribution in [-0.2, 0) is 0 Å². The van der Waals surface area contributed by atoms with Crippen molar-refractivity contribution in [3.8, 4) is 11.3 Å². The van der Waals surface area contributed by atoms with Gasteiger partial charge >= 0.3 is 0 Å². The predicted molar refractivity (Wildman–Crippen MR) is 73.4 cm³/mol. The van der Waals surface area contributed by atoms with Gasteiger partial charge in [-0.1, -0.05) is 18.3 Å². The minimum Gasteiger partial charge on any atom is -0.138 e. The van der Waals surface area contributed by atoms with E-state index < -0.39 is 0 Å². The Hall–Kier alpha value is -0.390. The summed E-state index contributed by atoms with van der Waals surface area (Å²) in [6, 6.07) is 2.21. The molecule has 0 unspecified atom stereocenters. The highest BCUT2D eigenvalue weighted by Gasteiger charge is 2.05. The molecule has 0 aliphatic carbocycles. The second kappa shape index (κ2) is 5.80. The number of hydrogen-bond acceptors (Lipinski definition) is 5. The van der Waals surface area contributed by atoms with E-state index in [0.717, 1.165) is 11.6 Å². The SMILES string of the molecule is CC(C)CCSc1cc(-c2csnn2)cs1. The van der Waals surface area contributed by atoms with E-state index in [9.17, 15) is 0 Å². The van der Waals surface area contributed by atoms with Crippen molar-refractivity contribution < 1.29 is 0 Å². The second-order valence-corrected chi connectivity index (χ2v) is 6.89. The van der Waals surface area contributed by atoms with Gasteiger partial charge in [-0.25, -0.2) is 0 Å². The van der Waals surface area contributed by atoms with Crippen LogP contribution in [0.5, 0.6) is 0 Å². The Balaban J connectivity index is 1.93. The average Bonchev–Trinajstić information content (AvgIpc) is 2.85. The lowest BCUT2D eigenvalue weighted by Gasteiger charge is -2.01. The maximum atomic E-state index is 4.07. The lowest BCUT2D eigenvalue weighted by Crippen LogP contribution is -1.88. The highest BCUT2D eigenvalue weighted by Crippen LogP contribution is 2.32. The van der Waals surface area contributed by atoms with Crippen molar-refractivity contribution >= 4 is 34.6 Å². The first-order valence-corrected chi connectivity index (χ1v) is 7.94. The van der Waals surface area contributed by atoms with Crippen molar-refractivity contribution in [1.82, 2.24) is 9.59 Å². The molecule has 0 saturated carbocycles. The van der Waals surface area contributed by atoms with Crippen molar-refractivity contribution in [3.05, 3.63) is 16.8 Å². The van der Waals surface area contributed by atoms with E-state index in [1.54, 1.807) is 11.3 Å². The van der Waals surface area contributed by atoms with Crippen LogP contribution in [0.2, 0.25) is 0 Å². The smallest absolute Gasteiger partial charge is 0.106 e. The van der Waals surface area contributed by atoms with Crippen LogP contribution in [0.3, 0.4) is 0 Å². The van der Waals surface area contributed by atoms with Crippen molar-refractivity contribution in [2.75, 3.05) is 5.75 Å². The maximum Gasteiger partial charge on any atom is 0.106 e. The second-order valence-electron chi connectivity index (χ2n) is 3.98. The van der Waals surface area contributed by atoms with Gasteiger partial charge in [0.25, 0.3) is 0 Å². The minimum absolute atomic E-state index is 0.787. The Kier molecular flexibility index (Phi) is 4.37. The molecule has 0 atom stereocenters. The molecule has 0 fully saturated rings. The molecule has 16 heavy (non-hydrogen) atoms. The quantitative estimate of drug-likeness (QED) is 0.753. The summed E-state index contributed by atoms with van der Waals surface area (Å²) < 4.78 is 5.26. The summed E-state index contributed by atoms with van der Waals surface area (Å²) in [6.45, 7) is 4.53. The molecule has 2 aromatic rings. The van der Waals surface area contributed by atoms with Gasteiger partial charge in [-0.05, 0) is 35.7 Å². The van der Waals surface area contributed by atoms with Gasteiger partial charge in [0.2, 0.25) is 0 Å². The lowest BCUT2D eigenvalue weighted by atomic mass is 10.2. The number of nitrogens with zero attached hydrogens (tertiary/aromatic N) is 2. The minimum atomic E-state index is 0.787. The van der Waals surface area contributed by atoms with Crippen LogP contribution in [0, 0.1) is 5.92 Å². The molecule has 0 aliphatic heterocycles. The third-order valence-electron chi connectivity index (χ3n) is 2.17. The summed E-state index contributed by atoms with van der Waals surface area (Å²) in [5.41, 5.74) is 2.20. The normalized spacial score (nSPS) is 11.2. The average molecular weight is 270 g/mol. The summed E-state index contributed by atoms with van der Waals surface area (Å²) in [6.07, 6.45) is 1.27. The van der Waals surface area contributed by atoms with E-state index in [2.05, 4.69) is 34.9 Å². The van der Waals surface area contributed by atoms with Crippen LogP contribution in [-0.4, -0.2) is 15.3 Å². The summed E-state index contributed by atoms with van der Waals surface area (Å²) in [5, 5.41) is 8.23. The molecule has 2 nitrogen and oxygen atoms in total. The monoisotopic (exact) mass is 270 g/mol. The standard InChI is InChI=1S/C11H14N2S3/c1-8(2)3-4-14-11-5-9(6-15-11)10-7-16-13-12-10/h5-8H,3-4H2,1-2H3. The zero-order chi connectivity index (χ0) is 11.4. The molecule has 0 amide bonds. The molecule has 86 valence electrons. The first-order chi connectivity index (χ1) is 7.75. The predicted octanol–water partition coefficient (Wildman–Crippen LogP) is 4.40. The van der Waals surface area contributed by atoms with Gasteiger partial charge < -0.3 is 0 Å². The molecule has 2 heterocycles. The first kappa shape index (κ1) is 12.1. The number of aromatic nitrogens is 2. The Morgan fingerprint density at radius 3 is 2.94 bits per heavy atom. The van der Waals surface area contributed by atoms with Gasteiger partial charge in [0.05, 0.1) is 4.21 Å². The van der Waals surface area contributed by atoms with Crippen molar-refractivity contribution in [1.29, 1.82) is 0 Å². The van der Waals surface area contributed by atoms with Crippen molar-refractivity contribution in [2.45, 2.75) is 24.5 Å². The summed E-state index contributed by atoms with van der Waals surface area (Å²) >= 11 is 5.14. The van der Waals surface area contributed by atoms with Gasteiger partial charge in [-0.3, -0.25) is 0 Å². The lowest BCUT2D eigenvalue weighted by molar-refractivity contribution is 0.632. The fourth-order valence-electron chi connectivity index (χ4n) is 1.21. The highest BCUT2D eigenvalue weighted by atomic mass is 32.2. The fourth-order valence-corrected chi connectivity index (χ4v) is 3.97. The molecule has 0 spiro atoms. The zero-order valence-corrected chi connectivity index (χ0v) is 11.8. The topological polar surface area (TPSA) is 25.8 Å². The van der Waals surface area contributed by atoms with Gasteiger partial charge in [-0.15, -0.1) is 28.2 Å². The molecule has 0 bridgehead atoms. The number of thioether (sulfide) groups is 1. The Labute approximate surface area is 108 Å². The third-order valence-corrected chi connectivity index (χ3v) is 4.88. The molecule has 2 aromatic heterocycles. The van der Waals surface area contributed by atoms with Crippen LogP contribution in [0.15, 0.2) is 21.0 Å². The zero-order valence-electron chi connectivity index (χ0n) is 9.34. The summed E-state index contributed by atoms with van der Waals surface area (Å²) in [4.78, 5) is 0. The Morgan fingerprint density at radius 1 is 1.38 bits per heavy atom. The molecule has 0 N–H and O–H groups in total. The van der Waals surface area contributed by atoms with Crippen LogP contribution < -0.4 is 0 Å². The Morgan fingerprint density at radius 2 is 2.25 bits per heavy atom. The first-order valence-electron chi connectivity index (χ1n) is 5.24. The molecule has 0 saturated heterocycles. The van der Waals surface area contributed by atoms with E-state index in [4.69, 9.17) is 0 Å². The highest BCUT2D eigenvalue weighted by molar-refractivity contribution is 8.01. The number of thiophene rings is 1. The van der Waals surface area contributed by atoms with Crippen molar-refractivity contribution in [2.24, 2.45) is 5.92 Å². The Bertz CT molecular complexity index is 420. The van der Waals surface area contributed by atoms with Crippen molar-refractivity contribution in [3.63, 3.8) is 0 Å². The van der Waals surface area contributed by atoms with Crippen LogP contribution in [0.4, 0.5) is 0 Å². The number of rotatable bonds is 5. The molecule has 5 heteroatoms. The van der Waals surface area contributed by atoms with E-state index in [1.807, 2.05) is 17.1 Å². The fraction of sp³-hybridized carbons (Fsp3) is 0.455. The molecular weight excluding hydrogens is 256 g/mol. The summed E-state index contributed by atoms with van der Waals surface area (Å²) in [5.74, 6) is 1.99. The van der Waals surface area contributed by atoms with Gasteiger partial charge in [0.1, 0.15) is 5.69 Å². The van der Waals surface area contributed by atoms with E-state index >= 15 is 0 Å². The van der Waals surface area contributed by atoms with Crippen LogP contribution in [0.1, 0.15) is 20.3 Å². The van der Waals surface area contributed by atoms with E-state index in [-0.39, 0.29) is 0 Å². The molecule has 2 rings (SSSR count). The number of hydrogen-bond donors (Lipinski definition) is 0. The summed E-state index contributed by atoms with van der Waals surface area (Å²) in [7, 11) is 0. The van der Waals surface area contributed by atoms with E-state index in [1.165, 1.54) is 33.5 Å². The van der Waals surface area contributed by atoms with E-state index in [0.29, 0.717) is 0 Å². The largest absolute Gasteiger partial charge is 0.138 e. The van der Waals surface area contributed by atoms with Crippen LogP contribution >= 0.6 is 34.6 Å². The molecule has 0 aromatic carbocycles. The molecule has 0 radical (unpaired) electrons. The van der Waals surface area contributed by atoms with Gasteiger partial charge in [0, 0.05) is 16.3 Å². The van der Waals surface area contributed by atoms with Crippen LogP contribution in [0.25, 0.3) is 11.3 Å². The maximum absolute atomic E-state index is 4.07.